The van der Waals surface area contributed by atoms with Crippen LogP contribution in [0.25, 0.3) is 10.8 Å². The third kappa shape index (κ3) is 9.90. The maximum atomic E-state index is 12.6. The first-order chi connectivity index (χ1) is 25.1. The maximum absolute atomic E-state index is 12.6. The minimum atomic E-state index is -5.41. The first-order valence-corrected chi connectivity index (χ1v) is 22.8. The Morgan fingerprint density at radius 1 is 0.618 bits per heavy atom. The van der Waals surface area contributed by atoms with Crippen LogP contribution >= 0.6 is 0 Å². The summed E-state index contributed by atoms with van der Waals surface area (Å²) < 4.78 is 187. The largest absolute Gasteiger partial charge is 0.505 e. The third-order valence-corrected chi connectivity index (χ3v) is 13.1. The smallest absolute Gasteiger partial charge is 0.397 e. The Morgan fingerprint density at radius 2 is 1.18 bits per heavy atom. The molecule has 7 N–H and O–H groups in total. The second-order valence-electron chi connectivity index (χ2n) is 10.5. The molecule has 0 spiro atoms. The van der Waals surface area contributed by atoms with E-state index in [1.807, 2.05) is 0 Å². The summed E-state index contributed by atoms with van der Waals surface area (Å²) in [6, 6.07) is 6.72. The highest BCUT2D eigenvalue weighted by Gasteiger charge is 2.27. The van der Waals surface area contributed by atoms with Crippen molar-refractivity contribution >= 4 is 99.6 Å². The number of benzene rings is 4. The monoisotopic (exact) mass is 885 g/mol. The number of rotatable bonds is 14. The Balaban J connectivity index is 1.91. The molecule has 0 aliphatic heterocycles. The molecule has 0 atom stereocenters. The number of nitrogens with two attached hydrogens (primary N) is 1. The SMILES string of the molecule is C=CS(=O)(=O)c1ccc(S(=O)(=O)O)c(N=Nc2c(S(=O)(=O)O)cc3c(N=Nc4ccc(S(=O)(=O)CCOS(=O)(=O)O)cc4S(=O)(=O)O)c(N)ccc3c2O)c1. The minimum absolute atomic E-state index is 0.337. The van der Waals surface area contributed by atoms with Gasteiger partial charge in [-0.25, -0.2) is 21.0 Å². The van der Waals surface area contributed by atoms with Gasteiger partial charge in [-0.2, -0.15) is 33.7 Å². The molecule has 0 unspecified atom stereocenters. The van der Waals surface area contributed by atoms with Crippen LogP contribution in [0.4, 0.5) is 28.4 Å². The Labute approximate surface area is 311 Å². The van der Waals surface area contributed by atoms with Gasteiger partial charge in [0.05, 0.1) is 27.8 Å². The summed E-state index contributed by atoms with van der Waals surface area (Å²) >= 11 is 0. The quantitative estimate of drug-likeness (QED) is 0.0601. The molecule has 0 aromatic heterocycles. The van der Waals surface area contributed by atoms with Crippen LogP contribution in [-0.2, 0) is 64.6 Å². The molecule has 4 aromatic carbocycles. The van der Waals surface area contributed by atoms with E-state index in [4.69, 9.17) is 10.3 Å². The van der Waals surface area contributed by atoms with Gasteiger partial charge in [-0.05, 0) is 54.6 Å². The van der Waals surface area contributed by atoms with Crippen molar-refractivity contribution in [2.24, 2.45) is 20.5 Å². The van der Waals surface area contributed by atoms with E-state index in [0.717, 1.165) is 30.3 Å². The zero-order valence-corrected chi connectivity index (χ0v) is 31.7. The molecule has 29 heteroatoms. The van der Waals surface area contributed by atoms with Gasteiger partial charge in [0.15, 0.2) is 25.4 Å². The fourth-order valence-electron chi connectivity index (χ4n) is 4.44. The average molecular weight is 886 g/mol. The molecule has 0 fully saturated rings. The molecule has 0 aliphatic rings. The van der Waals surface area contributed by atoms with Gasteiger partial charge in [0, 0.05) is 16.2 Å². The molecule has 0 aliphatic carbocycles. The van der Waals surface area contributed by atoms with Crippen molar-refractivity contribution in [3.05, 3.63) is 66.6 Å². The lowest BCUT2D eigenvalue weighted by Gasteiger charge is -2.12. The van der Waals surface area contributed by atoms with Gasteiger partial charge < -0.3 is 10.8 Å². The summed E-state index contributed by atoms with van der Waals surface area (Å²) in [5, 5.41) is 25.3. The van der Waals surface area contributed by atoms with Gasteiger partial charge in [-0.15, -0.1) is 20.5 Å². The van der Waals surface area contributed by atoms with Crippen LogP contribution in [0.3, 0.4) is 0 Å². The van der Waals surface area contributed by atoms with Crippen LogP contribution in [0.1, 0.15) is 0 Å². The number of aromatic hydroxyl groups is 1. The van der Waals surface area contributed by atoms with Crippen molar-refractivity contribution in [3.63, 3.8) is 0 Å². The van der Waals surface area contributed by atoms with E-state index in [0.29, 0.717) is 29.7 Å². The Kier molecular flexibility index (Phi) is 11.7. The topological polar surface area (TPSA) is 391 Å². The number of azo groups is 2. The van der Waals surface area contributed by atoms with E-state index >= 15 is 0 Å². The van der Waals surface area contributed by atoms with E-state index in [1.54, 1.807) is 0 Å². The third-order valence-electron chi connectivity index (χ3n) is 6.94. The predicted molar refractivity (Wildman–Crippen MR) is 188 cm³/mol. The predicted octanol–water partition coefficient (Wildman–Crippen LogP) is 3.21. The van der Waals surface area contributed by atoms with Crippen LogP contribution in [0.15, 0.2) is 112 Å². The molecule has 0 radical (unpaired) electrons. The van der Waals surface area contributed by atoms with Gasteiger partial charge in [0.25, 0.3) is 30.4 Å². The van der Waals surface area contributed by atoms with Crippen LogP contribution in [0.2, 0.25) is 0 Å². The molecular formula is C26H23N5O18S6. The number of hydrogen-bond acceptors (Lipinski definition) is 19. The number of phenols is 1. The van der Waals surface area contributed by atoms with E-state index in [1.165, 1.54) is 0 Å². The fraction of sp³-hybridized carbons (Fsp3) is 0.0769. The van der Waals surface area contributed by atoms with Crippen LogP contribution in [-0.4, -0.2) is 86.2 Å². The number of hydrogen-bond donors (Lipinski definition) is 6. The minimum Gasteiger partial charge on any atom is -0.505 e. The van der Waals surface area contributed by atoms with Gasteiger partial charge in [-0.1, -0.05) is 6.58 Å². The van der Waals surface area contributed by atoms with Gasteiger partial charge in [0.1, 0.15) is 37.4 Å². The normalized spacial score (nSPS) is 13.5. The first kappa shape index (κ1) is 42.9. The van der Waals surface area contributed by atoms with Crippen molar-refractivity contribution < 1.29 is 78.0 Å². The Morgan fingerprint density at radius 3 is 1.75 bits per heavy atom. The van der Waals surface area contributed by atoms with Gasteiger partial charge >= 0.3 is 10.4 Å². The molecular weight excluding hydrogens is 863 g/mol. The van der Waals surface area contributed by atoms with E-state index < -0.39 is 131 Å². The molecule has 4 rings (SSSR count). The molecule has 0 bridgehead atoms. The summed E-state index contributed by atoms with van der Waals surface area (Å²) in [5.74, 6) is -2.18. The van der Waals surface area contributed by atoms with Crippen LogP contribution < -0.4 is 5.73 Å². The maximum Gasteiger partial charge on any atom is 0.397 e. The standard InChI is InChI=1S/C26H23N5O18S6/c1-2-50(33,34)14-4-8-21(52(37,38)39)20(11-14)29-31-25-23(54(43,44)45)13-17-16(26(25)32)5-6-18(27)24(17)30-28-19-7-3-15(12-22(19)53(40,41)42)51(35,36)10-9-49-55(46,47)48/h2-8,11-13,32H,1,9-10,27H2,(H,37,38,39)(H,40,41,42)(H,43,44,45)(H,46,47,48). The molecule has 0 saturated heterocycles. The summed E-state index contributed by atoms with van der Waals surface area (Å²) in [7, 11) is -29.6. The lowest BCUT2D eigenvalue weighted by atomic mass is 10.1. The molecule has 296 valence electrons. The lowest BCUT2D eigenvalue weighted by Crippen LogP contribution is -2.16. The first-order valence-electron chi connectivity index (χ1n) is 13.9. The van der Waals surface area contributed by atoms with Crippen molar-refractivity contribution in [2.45, 2.75) is 24.5 Å². The summed E-state index contributed by atoms with van der Waals surface area (Å²) in [6.07, 6.45) is 0. The second-order valence-corrected chi connectivity index (χ2v) is 19.8. The zero-order chi connectivity index (χ0) is 41.5. The van der Waals surface area contributed by atoms with Crippen LogP contribution in [0.5, 0.6) is 5.75 Å². The summed E-state index contributed by atoms with van der Waals surface area (Å²) in [4.78, 5) is -4.79. The van der Waals surface area contributed by atoms with Crippen molar-refractivity contribution in [1.82, 2.24) is 0 Å². The number of nitrogen functional groups attached to an aromatic ring is 1. The zero-order valence-electron chi connectivity index (χ0n) is 26.8. The van der Waals surface area contributed by atoms with E-state index in [2.05, 4.69) is 31.2 Å². The Hall–Kier alpha value is -4.82. The molecule has 0 saturated carbocycles. The van der Waals surface area contributed by atoms with E-state index in [9.17, 15) is 69.3 Å². The highest BCUT2D eigenvalue weighted by atomic mass is 32.3. The lowest BCUT2D eigenvalue weighted by molar-refractivity contribution is 0.284. The summed E-state index contributed by atoms with van der Waals surface area (Å²) in [6.45, 7) is 2.04. The summed E-state index contributed by atoms with van der Waals surface area (Å²) in [5.41, 5.74) is 2.44. The molecule has 0 amide bonds. The Bertz CT molecular complexity index is 3020. The van der Waals surface area contributed by atoms with Crippen molar-refractivity contribution in [2.75, 3.05) is 18.1 Å². The highest BCUT2D eigenvalue weighted by molar-refractivity contribution is 7.94. The molecule has 0 heterocycles. The highest BCUT2D eigenvalue weighted by Crippen LogP contribution is 2.46. The van der Waals surface area contributed by atoms with Crippen LogP contribution in [0, 0.1) is 0 Å². The van der Waals surface area contributed by atoms with E-state index in [-0.39, 0.29) is 11.1 Å². The molecule has 4 aromatic rings. The second kappa shape index (κ2) is 15.0. The number of anilines is 1. The average Bonchev–Trinajstić information content (AvgIpc) is 3.05. The van der Waals surface area contributed by atoms with Gasteiger partial charge in [0.2, 0.25) is 0 Å². The fourth-order valence-corrected chi connectivity index (χ4v) is 8.66. The number of nitrogens with zero attached hydrogens (tertiary/aromatic N) is 4. The van der Waals surface area contributed by atoms with Crippen molar-refractivity contribution in [3.8, 4) is 5.75 Å². The van der Waals surface area contributed by atoms with Gasteiger partial charge in [-0.3, -0.25) is 18.2 Å². The number of phenolic OH excluding ortho intramolecular Hbond substituents is 1. The number of sulfone groups is 2. The molecule has 23 nitrogen and oxygen atoms in total. The van der Waals surface area contributed by atoms with Crippen molar-refractivity contribution in [1.29, 1.82) is 0 Å². The molecule has 55 heavy (non-hydrogen) atoms. The number of fused-ring (bicyclic) bond motifs is 1.